The minimum absolute atomic E-state index is 0.0588. The molecule has 0 unspecified atom stereocenters. The Kier molecular flexibility index (Phi) is 4.25. The van der Waals surface area contributed by atoms with E-state index in [1.807, 2.05) is 0 Å². The van der Waals surface area contributed by atoms with Crippen molar-refractivity contribution in [2.24, 2.45) is 7.05 Å². The van der Waals surface area contributed by atoms with E-state index in [1.165, 1.54) is 17.1 Å². The highest BCUT2D eigenvalue weighted by molar-refractivity contribution is 8.01. The second-order valence-electron chi connectivity index (χ2n) is 3.54. The van der Waals surface area contributed by atoms with Gasteiger partial charge in [0, 0.05) is 13.2 Å². The van der Waals surface area contributed by atoms with Gasteiger partial charge in [-0.2, -0.15) is 8.42 Å². The smallest absolute Gasteiger partial charge is 0.313 e. The molecule has 0 amide bonds. The summed E-state index contributed by atoms with van der Waals surface area (Å²) in [5.41, 5.74) is 0. The average molecular weight is 335 g/mol. The van der Waals surface area contributed by atoms with Gasteiger partial charge in [0.15, 0.2) is 9.37 Å². The van der Waals surface area contributed by atoms with Gasteiger partial charge in [0.25, 0.3) is 10.0 Å². The van der Waals surface area contributed by atoms with Crippen LogP contribution in [0.25, 0.3) is 0 Å². The zero-order chi connectivity index (χ0) is 14.8. The van der Waals surface area contributed by atoms with Crippen molar-refractivity contribution in [3.05, 3.63) is 12.5 Å². The molecule has 9 nitrogen and oxygen atoms in total. The third-order valence-electron chi connectivity index (χ3n) is 1.90. The van der Waals surface area contributed by atoms with Crippen LogP contribution >= 0.6 is 23.1 Å². The molecule has 0 bridgehead atoms. The van der Waals surface area contributed by atoms with Gasteiger partial charge >= 0.3 is 5.97 Å². The zero-order valence-electron chi connectivity index (χ0n) is 10.0. The molecule has 0 radical (unpaired) electrons. The van der Waals surface area contributed by atoms with Crippen molar-refractivity contribution in [2.75, 3.05) is 10.5 Å². The first kappa shape index (κ1) is 14.7. The molecule has 2 aromatic rings. The van der Waals surface area contributed by atoms with Crippen molar-refractivity contribution in [1.29, 1.82) is 0 Å². The first-order valence-electron chi connectivity index (χ1n) is 5.06. The van der Waals surface area contributed by atoms with Crippen molar-refractivity contribution in [3.8, 4) is 0 Å². The third kappa shape index (κ3) is 3.68. The molecule has 0 aliphatic heterocycles. The number of aryl methyl sites for hydroxylation is 1. The summed E-state index contributed by atoms with van der Waals surface area (Å²) < 4.78 is 28.0. The summed E-state index contributed by atoms with van der Waals surface area (Å²) >= 11 is 1.92. The van der Waals surface area contributed by atoms with Crippen LogP contribution < -0.4 is 4.72 Å². The highest BCUT2D eigenvalue weighted by atomic mass is 32.2. The lowest BCUT2D eigenvalue weighted by atomic mass is 10.8. The van der Waals surface area contributed by atoms with E-state index in [4.69, 9.17) is 5.11 Å². The fourth-order valence-electron chi connectivity index (χ4n) is 1.13. The largest absolute Gasteiger partial charge is 0.481 e. The summed E-state index contributed by atoms with van der Waals surface area (Å²) in [4.78, 5) is 14.1. The second kappa shape index (κ2) is 5.76. The summed E-state index contributed by atoms with van der Waals surface area (Å²) in [5, 5.41) is 15.8. The molecule has 2 N–H and O–H groups in total. The van der Waals surface area contributed by atoms with E-state index < -0.39 is 16.0 Å². The lowest BCUT2D eigenvalue weighted by Gasteiger charge is -1.99. The number of hydrogen-bond acceptors (Lipinski definition) is 8. The number of nitrogens with one attached hydrogen (secondary N) is 1. The molecule has 0 aromatic carbocycles. The molecule has 108 valence electrons. The highest BCUT2D eigenvalue weighted by Crippen LogP contribution is 2.26. The maximum absolute atomic E-state index is 11.9. The Labute approximate surface area is 122 Å². The van der Waals surface area contributed by atoms with Crippen molar-refractivity contribution >= 4 is 44.2 Å². The topological polar surface area (TPSA) is 127 Å². The fourth-order valence-corrected chi connectivity index (χ4v) is 3.81. The molecule has 2 heterocycles. The zero-order valence-corrected chi connectivity index (χ0v) is 12.5. The Morgan fingerprint density at radius 2 is 2.30 bits per heavy atom. The lowest BCUT2D eigenvalue weighted by molar-refractivity contribution is -0.133. The Hall–Kier alpha value is -1.66. The van der Waals surface area contributed by atoms with Crippen molar-refractivity contribution in [2.45, 2.75) is 9.37 Å². The molecule has 0 atom stereocenters. The number of nitrogens with zero attached hydrogens (tertiary/aromatic N) is 4. The minimum Gasteiger partial charge on any atom is -0.481 e. The number of sulfonamides is 1. The van der Waals surface area contributed by atoms with E-state index in [0.29, 0.717) is 4.34 Å². The number of anilines is 1. The predicted octanol–water partition coefficient (Wildman–Crippen LogP) is 0.249. The van der Waals surface area contributed by atoms with Gasteiger partial charge in [-0.15, -0.1) is 10.2 Å². The van der Waals surface area contributed by atoms with Crippen LogP contribution in [0.4, 0.5) is 5.13 Å². The summed E-state index contributed by atoms with van der Waals surface area (Å²) in [7, 11) is -2.16. The van der Waals surface area contributed by atoms with Gasteiger partial charge in [-0.3, -0.25) is 9.52 Å². The standard InChI is InChI=1S/C8H9N5O4S3/c1-13-2-5(9-4-13)20(16,17)12-7-10-11-8(19-7)18-3-6(14)15/h2,4H,3H2,1H3,(H,10,12)(H,14,15). The first-order chi connectivity index (χ1) is 9.37. The number of aliphatic carboxylic acids is 1. The van der Waals surface area contributed by atoms with Crippen LogP contribution in [0.2, 0.25) is 0 Å². The van der Waals surface area contributed by atoms with Crippen LogP contribution in [-0.2, 0) is 21.9 Å². The average Bonchev–Trinajstić information content (AvgIpc) is 2.95. The molecular weight excluding hydrogens is 326 g/mol. The molecule has 2 rings (SSSR count). The number of carboxylic acid groups (broad SMARTS) is 1. The van der Waals surface area contributed by atoms with Gasteiger partial charge in [0.05, 0.1) is 12.1 Å². The monoisotopic (exact) mass is 335 g/mol. The van der Waals surface area contributed by atoms with Crippen molar-refractivity contribution in [3.63, 3.8) is 0 Å². The Morgan fingerprint density at radius 1 is 1.55 bits per heavy atom. The molecule has 0 saturated carbocycles. The van der Waals surface area contributed by atoms with Crippen LogP contribution in [0, 0.1) is 0 Å². The van der Waals surface area contributed by atoms with Gasteiger partial charge in [-0.05, 0) is 0 Å². The summed E-state index contributed by atoms with van der Waals surface area (Å²) in [6, 6.07) is 0. The van der Waals surface area contributed by atoms with E-state index in [-0.39, 0.29) is 15.9 Å². The van der Waals surface area contributed by atoms with Crippen LogP contribution in [0.1, 0.15) is 0 Å². The Balaban J connectivity index is 2.08. The molecule has 0 aliphatic rings. The maximum Gasteiger partial charge on any atom is 0.313 e. The molecule has 0 fully saturated rings. The second-order valence-corrected chi connectivity index (χ2v) is 7.37. The molecular formula is C8H9N5O4S3. The number of rotatable bonds is 6. The number of thioether (sulfide) groups is 1. The summed E-state index contributed by atoms with van der Waals surface area (Å²) in [5.74, 6) is -1.15. The summed E-state index contributed by atoms with van der Waals surface area (Å²) in [6.07, 6.45) is 2.71. The number of imidazole rings is 1. The molecule has 20 heavy (non-hydrogen) atoms. The van der Waals surface area contributed by atoms with E-state index >= 15 is 0 Å². The van der Waals surface area contributed by atoms with E-state index in [2.05, 4.69) is 19.9 Å². The first-order valence-corrected chi connectivity index (χ1v) is 8.34. The number of aromatic nitrogens is 4. The third-order valence-corrected chi connectivity index (χ3v) is 5.21. The van der Waals surface area contributed by atoms with E-state index in [9.17, 15) is 13.2 Å². The molecule has 0 spiro atoms. The van der Waals surface area contributed by atoms with E-state index in [0.717, 1.165) is 23.1 Å². The lowest BCUT2D eigenvalue weighted by Crippen LogP contribution is -2.13. The summed E-state index contributed by atoms with van der Waals surface area (Å²) in [6.45, 7) is 0. The molecule has 2 aromatic heterocycles. The van der Waals surface area contributed by atoms with Crippen LogP contribution in [0.5, 0.6) is 0 Å². The van der Waals surface area contributed by atoms with Crippen LogP contribution in [-0.4, -0.2) is 45.0 Å². The predicted molar refractivity (Wildman–Crippen MR) is 72.3 cm³/mol. The van der Waals surface area contributed by atoms with Crippen LogP contribution in [0.15, 0.2) is 21.9 Å². The molecule has 12 heteroatoms. The number of carboxylic acids is 1. The fraction of sp³-hybridized carbons (Fsp3) is 0.250. The molecule has 0 saturated heterocycles. The Bertz CT molecular complexity index is 722. The normalized spacial score (nSPS) is 11.4. The van der Waals surface area contributed by atoms with Gasteiger partial charge in [-0.25, -0.2) is 4.98 Å². The van der Waals surface area contributed by atoms with Gasteiger partial charge in [0.2, 0.25) is 5.13 Å². The maximum atomic E-state index is 11.9. The van der Waals surface area contributed by atoms with Gasteiger partial charge in [0.1, 0.15) is 0 Å². The van der Waals surface area contributed by atoms with Crippen molar-refractivity contribution < 1.29 is 18.3 Å². The highest BCUT2D eigenvalue weighted by Gasteiger charge is 2.19. The number of hydrogen-bond donors (Lipinski definition) is 2. The van der Waals surface area contributed by atoms with Gasteiger partial charge in [-0.1, -0.05) is 23.1 Å². The van der Waals surface area contributed by atoms with E-state index in [1.54, 1.807) is 7.05 Å². The minimum atomic E-state index is -3.81. The van der Waals surface area contributed by atoms with Gasteiger partial charge < -0.3 is 9.67 Å². The quantitative estimate of drug-likeness (QED) is 0.719. The SMILES string of the molecule is Cn1cnc(S(=O)(=O)Nc2nnc(SCC(=O)O)s2)c1. The Morgan fingerprint density at radius 3 is 2.90 bits per heavy atom. The van der Waals surface area contributed by atoms with Crippen molar-refractivity contribution in [1.82, 2.24) is 19.7 Å². The van der Waals surface area contributed by atoms with Crippen LogP contribution in [0.3, 0.4) is 0 Å². The molecule has 0 aliphatic carbocycles. The number of carbonyl (C=O) groups is 1.